The van der Waals surface area contributed by atoms with Gasteiger partial charge in [-0.2, -0.15) is 0 Å². The van der Waals surface area contributed by atoms with Crippen LogP contribution in [0.3, 0.4) is 0 Å². The largest absolute Gasteiger partial charge is 0.497 e. The number of amides is 2. The molecule has 31 heavy (non-hydrogen) atoms. The van der Waals surface area contributed by atoms with Crippen molar-refractivity contribution in [3.8, 4) is 5.75 Å². The summed E-state index contributed by atoms with van der Waals surface area (Å²) in [6, 6.07) is 5.91. The third-order valence-electron chi connectivity index (χ3n) is 7.06. The number of nitrogens with zero attached hydrogens (tertiary/aromatic N) is 3. The minimum atomic E-state index is -0.992. The first kappa shape index (κ1) is 20.3. The van der Waals surface area contributed by atoms with Crippen molar-refractivity contribution in [2.45, 2.75) is 25.3 Å². The van der Waals surface area contributed by atoms with E-state index in [0.717, 1.165) is 73.6 Å². The zero-order valence-electron chi connectivity index (χ0n) is 18.3. The number of nitrogens with one attached hydrogen (secondary N) is 1. The van der Waals surface area contributed by atoms with E-state index in [-0.39, 0.29) is 18.4 Å². The fraction of sp³-hybridized carbons (Fsp3) is 0.565. The normalized spacial score (nSPS) is 24.5. The number of ether oxygens (including phenoxy) is 2. The van der Waals surface area contributed by atoms with Gasteiger partial charge in [-0.1, -0.05) is 0 Å². The molecule has 166 valence electrons. The molecule has 3 aliphatic rings. The summed E-state index contributed by atoms with van der Waals surface area (Å²) >= 11 is 0. The van der Waals surface area contributed by atoms with Crippen LogP contribution in [-0.4, -0.2) is 91.1 Å². The number of morpholine rings is 1. The molecule has 0 aliphatic carbocycles. The highest BCUT2D eigenvalue weighted by atomic mass is 16.5. The van der Waals surface area contributed by atoms with Crippen LogP contribution >= 0.6 is 0 Å². The molecule has 0 radical (unpaired) electrons. The van der Waals surface area contributed by atoms with E-state index >= 15 is 0 Å². The summed E-state index contributed by atoms with van der Waals surface area (Å²) in [6.45, 7) is 7.52. The number of benzene rings is 1. The van der Waals surface area contributed by atoms with Gasteiger partial charge in [0.2, 0.25) is 5.91 Å². The minimum Gasteiger partial charge on any atom is -0.497 e. The molecule has 0 unspecified atom stereocenters. The minimum absolute atomic E-state index is 0.00792. The first-order chi connectivity index (χ1) is 15.0. The highest BCUT2D eigenvalue weighted by molar-refractivity contribution is 6.00. The quantitative estimate of drug-likeness (QED) is 0.781. The number of fused-ring (bicyclic) bond motifs is 5. The van der Waals surface area contributed by atoms with Gasteiger partial charge in [0.1, 0.15) is 5.75 Å². The van der Waals surface area contributed by atoms with Crippen molar-refractivity contribution in [1.29, 1.82) is 0 Å². The standard InChI is InChI=1S/C23H30N4O4/c1-23-21-17(18-14-16(30-2)4-5-19(18)24-21)6-9-27(23)20(28)15-26(22(23)29)8-3-7-25-10-12-31-13-11-25/h4-5,14,24H,3,6-13,15H2,1-2H3/t23-/m0/s1. The van der Waals surface area contributed by atoms with Crippen LogP contribution in [0.2, 0.25) is 0 Å². The van der Waals surface area contributed by atoms with Gasteiger partial charge < -0.3 is 24.3 Å². The summed E-state index contributed by atoms with van der Waals surface area (Å²) in [6.07, 6.45) is 1.58. The fourth-order valence-corrected chi connectivity index (χ4v) is 5.33. The molecule has 0 saturated carbocycles. The second kappa shape index (κ2) is 7.84. The number of hydrogen-bond acceptors (Lipinski definition) is 5. The smallest absolute Gasteiger partial charge is 0.254 e. The number of carbonyl (C=O) groups is 2. The van der Waals surface area contributed by atoms with Crippen LogP contribution in [0.25, 0.3) is 10.9 Å². The molecule has 2 saturated heterocycles. The van der Waals surface area contributed by atoms with Gasteiger partial charge in [0.25, 0.3) is 5.91 Å². The molecule has 3 aliphatic heterocycles. The number of rotatable bonds is 5. The Morgan fingerprint density at radius 1 is 1.16 bits per heavy atom. The highest BCUT2D eigenvalue weighted by Crippen LogP contribution is 2.42. The first-order valence-electron chi connectivity index (χ1n) is 11.1. The van der Waals surface area contributed by atoms with E-state index in [1.165, 1.54) is 0 Å². The van der Waals surface area contributed by atoms with Gasteiger partial charge in [-0.3, -0.25) is 14.5 Å². The molecular weight excluding hydrogens is 396 g/mol. The molecule has 8 nitrogen and oxygen atoms in total. The van der Waals surface area contributed by atoms with Crippen LogP contribution in [0.4, 0.5) is 0 Å². The van der Waals surface area contributed by atoms with Crippen molar-refractivity contribution < 1.29 is 19.1 Å². The summed E-state index contributed by atoms with van der Waals surface area (Å²) in [5, 5.41) is 1.07. The summed E-state index contributed by atoms with van der Waals surface area (Å²) < 4.78 is 10.8. The van der Waals surface area contributed by atoms with Crippen LogP contribution in [0.15, 0.2) is 18.2 Å². The van der Waals surface area contributed by atoms with Crippen molar-refractivity contribution in [2.75, 3.05) is 59.6 Å². The molecule has 0 spiro atoms. The van der Waals surface area contributed by atoms with Crippen molar-refractivity contribution in [1.82, 2.24) is 19.7 Å². The molecule has 1 N–H and O–H groups in total. The highest BCUT2D eigenvalue weighted by Gasteiger charge is 2.53. The van der Waals surface area contributed by atoms with Gasteiger partial charge in [0, 0.05) is 43.6 Å². The van der Waals surface area contributed by atoms with Gasteiger partial charge in [-0.15, -0.1) is 0 Å². The van der Waals surface area contributed by atoms with Crippen molar-refractivity contribution in [3.63, 3.8) is 0 Å². The number of carbonyl (C=O) groups excluding carboxylic acids is 2. The number of methoxy groups -OCH3 is 1. The van der Waals surface area contributed by atoms with Gasteiger partial charge in [0.15, 0.2) is 5.54 Å². The molecule has 5 rings (SSSR count). The maximum Gasteiger partial charge on any atom is 0.254 e. The molecular formula is C23H30N4O4. The van der Waals surface area contributed by atoms with Gasteiger partial charge >= 0.3 is 0 Å². The third-order valence-corrected chi connectivity index (χ3v) is 7.06. The molecule has 1 aromatic heterocycles. The van der Waals surface area contributed by atoms with Gasteiger partial charge in [-0.05, 0) is 43.5 Å². The van der Waals surface area contributed by atoms with Crippen molar-refractivity contribution in [2.24, 2.45) is 0 Å². The van der Waals surface area contributed by atoms with E-state index in [9.17, 15) is 9.59 Å². The maximum absolute atomic E-state index is 13.7. The fourth-order valence-electron chi connectivity index (χ4n) is 5.33. The monoisotopic (exact) mass is 426 g/mol. The van der Waals surface area contributed by atoms with E-state index in [1.54, 1.807) is 16.9 Å². The van der Waals surface area contributed by atoms with Gasteiger partial charge in [-0.25, -0.2) is 0 Å². The Hall–Kier alpha value is -2.58. The lowest BCUT2D eigenvalue weighted by Gasteiger charge is -2.49. The van der Waals surface area contributed by atoms with E-state index in [1.807, 2.05) is 25.1 Å². The topological polar surface area (TPSA) is 78.1 Å². The zero-order chi connectivity index (χ0) is 21.6. The van der Waals surface area contributed by atoms with Crippen LogP contribution in [0, 0.1) is 0 Å². The van der Waals surface area contributed by atoms with Crippen LogP contribution < -0.4 is 4.74 Å². The Morgan fingerprint density at radius 2 is 1.97 bits per heavy atom. The number of aromatic nitrogens is 1. The van der Waals surface area contributed by atoms with Crippen molar-refractivity contribution in [3.05, 3.63) is 29.5 Å². The van der Waals surface area contributed by atoms with Crippen LogP contribution in [-0.2, 0) is 26.3 Å². The maximum atomic E-state index is 13.7. The lowest BCUT2D eigenvalue weighted by Crippen LogP contribution is -2.67. The average molecular weight is 427 g/mol. The Morgan fingerprint density at radius 3 is 2.74 bits per heavy atom. The average Bonchev–Trinajstić information content (AvgIpc) is 3.17. The Kier molecular flexibility index (Phi) is 5.14. The third kappa shape index (κ3) is 3.29. The molecule has 8 heteroatoms. The number of aromatic amines is 1. The molecule has 4 heterocycles. The van der Waals surface area contributed by atoms with E-state index < -0.39 is 5.54 Å². The molecule has 0 bridgehead atoms. The molecule has 2 amide bonds. The second-order valence-electron chi connectivity index (χ2n) is 8.79. The summed E-state index contributed by atoms with van der Waals surface area (Å²) in [5.41, 5.74) is 1.94. The lowest BCUT2D eigenvalue weighted by atomic mass is 9.83. The number of H-pyrrole nitrogens is 1. The molecule has 2 fully saturated rings. The van der Waals surface area contributed by atoms with E-state index in [0.29, 0.717) is 13.1 Å². The Balaban J connectivity index is 1.41. The first-order valence-corrected chi connectivity index (χ1v) is 11.1. The Labute approximate surface area is 182 Å². The number of hydrogen-bond donors (Lipinski definition) is 1. The van der Waals surface area contributed by atoms with Crippen molar-refractivity contribution >= 4 is 22.7 Å². The van der Waals surface area contributed by atoms with Gasteiger partial charge in [0.05, 0.1) is 32.6 Å². The zero-order valence-corrected chi connectivity index (χ0v) is 18.3. The predicted molar refractivity (Wildman–Crippen MR) is 116 cm³/mol. The summed E-state index contributed by atoms with van der Waals surface area (Å²) in [4.78, 5) is 36.1. The molecule has 1 atom stereocenters. The lowest BCUT2D eigenvalue weighted by molar-refractivity contribution is -0.166. The SMILES string of the molecule is COc1ccc2[nH]c3c(c2c1)CCN1C(=O)CN(CCCN2CCOCC2)C(=O)[C@]31C. The Bertz CT molecular complexity index is 1010. The molecule has 2 aromatic rings. The van der Waals surface area contributed by atoms with E-state index in [2.05, 4.69) is 9.88 Å². The predicted octanol–water partition coefficient (Wildman–Crippen LogP) is 1.34. The summed E-state index contributed by atoms with van der Waals surface area (Å²) in [5.74, 6) is 0.821. The second-order valence-corrected chi connectivity index (χ2v) is 8.79. The van der Waals surface area contributed by atoms with Crippen LogP contribution in [0.1, 0.15) is 24.6 Å². The van der Waals surface area contributed by atoms with E-state index in [4.69, 9.17) is 9.47 Å². The number of piperazine rings is 1. The van der Waals surface area contributed by atoms with Crippen LogP contribution in [0.5, 0.6) is 5.75 Å². The summed E-state index contributed by atoms with van der Waals surface area (Å²) in [7, 11) is 1.65. The molecule has 1 aromatic carbocycles.